The van der Waals surface area contributed by atoms with Crippen LogP contribution in [-0.2, 0) is 22.4 Å². The third-order valence-corrected chi connectivity index (χ3v) is 7.41. The van der Waals surface area contributed by atoms with Gasteiger partial charge in [0.25, 0.3) is 12.1 Å². The second-order valence-corrected chi connectivity index (χ2v) is 10.8. The number of ketones is 1. The monoisotopic (exact) mass is 601 g/mol. The molecule has 0 saturated heterocycles. The van der Waals surface area contributed by atoms with Crippen LogP contribution in [0.15, 0.2) is 55.0 Å². The van der Waals surface area contributed by atoms with Crippen molar-refractivity contribution in [1.82, 2.24) is 14.9 Å². The molecule has 0 fully saturated rings. The van der Waals surface area contributed by atoms with Gasteiger partial charge < -0.3 is 20.2 Å². The van der Waals surface area contributed by atoms with Gasteiger partial charge in [-0.25, -0.2) is 4.98 Å². The molecule has 3 aromatic rings. The molecule has 0 radical (unpaired) electrons. The van der Waals surface area contributed by atoms with Crippen molar-refractivity contribution in [3.8, 4) is 11.1 Å². The van der Waals surface area contributed by atoms with E-state index in [-0.39, 0.29) is 12.4 Å². The van der Waals surface area contributed by atoms with Crippen LogP contribution < -0.4 is 15.4 Å². The lowest BCUT2D eigenvalue weighted by molar-refractivity contribution is -0.895. The minimum atomic E-state index is -4.38. The maximum absolute atomic E-state index is 12.7. The number of hydrogen-bond acceptors (Lipinski definition) is 8. The molecule has 0 unspecified atom stereocenters. The highest BCUT2D eigenvalue weighted by Gasteiger charge is 2.28. The van der Waals surface area contributed by atoms with Crippen LogP contribution in [-0.4, -0.2) is 77.5 Å². The number of fused-ring (bicyclic) bond motifs is 1. The summed E-state index contributed by atoms with van der Waals surface area (Å²) < 4.78 is 43.6. The van der Waals surface area contributed by atoms with E-state index in [1.807, 2.05) is 35.2 Å². The molecule has 3 N–H and O–H groups in total. The summed E-state index contributed by atoms with van der Waals surface area (Å²) in [5.41, 5.74) is 3.69. The van der Waals surface area contributed by atoms with Crippen LogP contribution in [0, 0.1) is 0 Å². The van der Waals surface area contributed by atoms with Gasteiger partial charge in [0.15, 0.2) is 5.78 Å². The van der Waals surface area contributed by atoms with Crippen LogP contribution in [0.5, 0.6) is 0 Å². The number of benzene rings is 1. The number of ether oxygens (including phenoxy) is 1. The lowest BCUT2D eigenvalue weighted by Crippen LogP contribution is -2.41. The number of aromatic nitrogens is 3. The number of alkyl halides is 3. The summed E-state index contributed by atoms with van der Waals surface area (Å²) >= 11 is 0. The predicted molar refractivity (Wildman–Crippen MR) is 157 cm³/mol. The van der Waals surface area contributed by atoms with Crippen molar-refractivity contribution in [3.63, 3.8) is 0 Å². The van der Waals surface area contributed by atoms with Crippen molar-refractivity contribution in [2.24, 2.45) is 0 Å². The number of hydrogen-bond donors (Lipinski definition) is 3. The van der Waals surface area contributed by atoms with E-state index >= 15 is 0 Å². The number of carbonyl (C=O) groups is 1. The Morgan fingerprint density at radius 3 is 2.74 bits per heavy atom. The van der Waals surface area contributed by atoms with E-state index < -0.39 is 18.8 Å². The molecule has 0 spiro atoms. The van der Waals surface area contributed by atoms with Crippen LogP contribution in [0.2, 0.25) is 0 Å². The smallest absolute Gasteiger partial charge is 0.371 e. The number of unbranched alkanes of at least 4 members (excludes halogenated alkanes) is 1. The second-order valence-electron chi connectivity index (χ2n) is 10.8. The van der Waals surface area contributed by atoms with Crippen LogP contribution in [0.3, 0.4) is 0 Å². The largest absolute Gasteiger partial charge is 0.411 e. The number of carbonyl (C=O) groups excluding carboxylic acids is 1. The van der Waals surface area contributed by atoms with Gasteiger partial charge in [-0.05, 0) is 62.8 Å². The van der Waals surface area contributed by atoms with Crippen LogP contribution in [0.1, 0.15) is 43.9 Å². The number of rotatable bonds is 16. The molecule has 0 amide bonds. The van der Waals surface area contributed by atoms with E-state index in [1.165, 1.54) is 18.8 Å². The lowest BCUT2D eigenvalue weighted by atomic mass is 10.1. The molecule has 9 nitrogen and oxygen atoms in total. The Morgan fingerprint density at radius 1 is 1.16 bits per heavy atom. The molecule has 0 aliphatic carbocycles. The molecule has 12 heteroatoms. The zero-order valence-electron chi connectivity index (χ0n) is 24.4. The number of nitrogens with zero attached hydrogens (tertiary/aromatic N) is 4. The fourth-order valence-electron chi connectivity index (χ4n) is 5.11. The fourth-order valence-corrected chi connectivity index (χ4v) is 5.11. The van der Waals surface area contributed by atoms with Gasteiger partial charge in [0.2, 0.25) is 0 Å². The van der Waals surface area contributed by atoms with E-state index in [4.69, 9.17) is 9.72 Å². The molecule has 0 bridgehead atoms. The van der Waals surface area contributed by atoms with Gasteiger partial charge in [0.05, 0.1) is 12.2 Å². The first-order valence-corrected chi connectivity index (χ1v) is 14.7. The SMILES string of the molecule is CC(=O)[C@H](CCN(CCCCc1ccc2c(n1)NCCC2)CCOCC(F)(F)F)Nc1c(-c2ccccc2)cnc[n+]1O. The normalized spacial score (nSPS) is 13.8. The van der Waals surface area contributed by atoms with Crippen LogP contribution >= 0.6 is 0 Å². The highest BCUT2D eigenvalue weighted by molar-refractivity contribution is 5.85. The summed E-state index contributed by atoms with van der Waals surface area (Å²) in [6, 6.07) is 12.9. The Labute approximate surface area is 250 Å². The molecule has 43 heavy (non-hydrogen) atoms. The van der Waals surface area contributed by atoms with Crippen LogP contribution in [0.25, 0.3) is 11.1 Å². The molecule has 232 valence electrons. The molecule has 1 atom stereocenters. The zero-order valence-corrected chi connectivity index (χ0v) is 24.4. The Balaban J connectivity index is 1.36. The van der Waals surface area contributed by atoms with E-state index in [9.17, 15) is 23.2 Å². The van der Waals surface area contributed by atoms with Crippen molar-refractivity contribution in [2.45, 2.75) is 57.7 Å². The minimum absolute atomic E-state index is 0.0745. The number of halogens is 3. The zero-order chi connectivity index (χ0) is 30.7. The van der Waals surface area contributed by atoms with Gasteiger partial charge in [-0.1, -0.05) is 41.1 Å². The molecular weight excluding hydrogens is 561 g/mol. The number of aryl methyl sites for hydroxylation is 2. The summed E-state index contributed by atoms with van der Waals surface area (Å²) in [5, 5.41) is 17.1. The number of Topliss-reactive ketones (excluding diaryl/α,β-unsaturated/α-hetero) is 1. The quantitative estimate of drug-likeness (QED) is 0.124. The topological polar surface area (TPSA) is 103 Å². The molecule has 1 aliphatic heterocycles. The molecule has 3 heterocycles. The standard InChI is InChI=1S/C31H39F3N6O3/c1-23(41)28(38-30-27(20-35-22-40(30)42)24-8-3-2-4-9-24)14-17-39(18-19-43-21-31(32,33)34)16-6-5-11-26-13-12-25-10-7-15-36-29(25)37-26/h2-4,8-9,12-13,20,22,28,42H,5-7,10-11,14-19,21H2,1H3,(H,36,37)/p+1/t28-/m0/s1. The van der Waals surface area contributed by atoms with Gasteiger partial charge in [0.1, 0.15) is 24.7 Å². The van der Waals surface area contributed by atoms with Gasteiger partial charge in [-0.3, -0.25) is 10.1 Å². The van der Waals surface area contributed by atoms with Gasteiger partial charge in [-0.15, -0.1) is 4.98 Å². The summed E-state index contributed by atoms with van der Waals surface area (Å²) in [6.07, 6.45) is 3.45. The number of nitrogens with one attached hydrogen (secondary N) is 2. The number of anilines is 2. The maximum Gasteiger partial charge on any atom is 0.411 e. The Hall–Kier alpha value is -3.77. The second kappa shape index (κ2) is 15.6. The number of pyridine rings is 1. The summed E-state index contributed by atoms with van der Waals surface area (Å²) in [4.78, 5) is 23.5. The highest BCUT2D eigenvalue weighted by atomic mass is 19.4. The summed E-state index contributed by atoms with van der Waals surface area (Å²) in [5.74, 6) is 1.16. The van der Waals surface area contributed by atoms with Crippen molar-refractivity contribution >= 4 is 17.4 Å². The summed E-state index contributed by atoms with van der Waals surface area (Å²) in [7, 11) is 0. The fraction of sp³-hybridized carbons (Fsp3) is 0.484. The van der Waals surface area contributed by atoms with Crippen molar-refractivity contribution < 1.29 is 32.6 Å². The molecule has 0 saturated carbocycles. The average molecular weight is 602 g/mol. The minimum Gasteiger partial charge on any atom is -0.371 e. The van der Waals surface area contributed by atoms with E-state index in [2.05, 4.69) is 27.8 Å². The Bertz CT molecular complexity index is 1330. The lowest BCUT2D eigenvalue weighted by Gasteiger charge is -2.24. The third-order valence-electron chi connectivity index (χ3n) is 7.41. The molecular formula is C31H40F3N6O3+. The Kier molecular flexibility index (Phi) is 11.7. The van der Waals surface area contributed by atoms with Gasteiger partial charge >= 0.3 is 6.18 Å². The molecule has 2 aromatic heterocycles. The molecule has 4 rings (SSSR count). The highest BCUT2D eigenvalue weighted by Crippen LogP contribution is 2.25. The van der Waals surface area contributed by atoms with E-state index in [0.717, 1.165) is 60.5 Å². The first-order chi connectivity index (χ1) is 20.7. The van der Waals surface area contributed by atoms with Crippen molar-refractivity contribution in [3.05, 3.63) is 66.2 Å². The van der Waals surface area contributed by atoms with E-state index in [0.29, 0.717) is 37.4 Å². The average Bonchev–Trinajstić information content (AvgIpc) is 2.99. The molecule has 1 aromatic carbocycles. The van der Waals surface area contributed by atoms with Crippen molar-refractivity contribution in [2.75, 3.05) is 50.0 Å². The van der Waals surface area contributed by atoms with Crippen LogP contribution in [0.4, 0.5) is 24.8 Å². The van der Waals surface area contributed by atoms with Gasteiger partial charge in [0, 0.05) is 31.7 Å². The first kappa shape index (κ1) is 32.2. The Morgan fingerprint density at radius 2 is 1.98 bits per heavy atom. The maximum atomic E-state index is 12.7. The van der Waals surface area contributed by atoms with E-state index in [1.54, 1.807) is 6.20 Å². The molecule has 1 aliphatic rings. The summed E-state index contributed by atoms with van der Waals surface area (Å²) in [6.45, 7) is 2.41. The van der Waals surface area contributed by atoms with Crippen molar-refractivity contribution in [1.29, 1.82) is 0 Å². The predicted octanol–water partition coefficient (Wildman–Crippen LogP) is 4.69. The third kappa shape index (κ3) is 10.2. The first-order valence-electron chi connectivity index (χ1n) is 14.7. The van der Waals surface area contributed by atoms with Gasteiger partial charge in [-0.2, -0.15) is 13.2 Å².